The number of nitrogens with one attached hydrogen (secondary N) is 4. The highest BCUT2D eigenvalue weighted by Crippen LogP contribution is 2.29. The first kappa shape index (κ1) is 17.1. The molecule has 0 fully saturated rings. The van der Waals surface area contributed by atoms with E-state index in [0.29, 0.717) is 11.4 Å². The second-order valence-electron chi connectivity index (χ2n) is 3.94. The minimum absolute atomic E-state index is 0.307. The highest BCUT2D eigenvalue weighted by molar-refractivity contribution is 7.99. The van der Waals surface area contributed by atoms with E-state index in [1.54, 1.807) is 30.0 Å². The van der Waals surface area contributed by atoms with Crippen LogP contribution in [0.3, 0.4) is 0 Å². The van der Waals surface area contributed by atoms with Crippen LogP contribution in [0, 0.1) is 22.9 Å². The van der Waals surface area contributed by atoms with Crippen LogP contribution in [0.5, 0.6) is 0 Å². The van der Waals surface area contributed by atoms with Crippen molar-refractivity contribution in [1.82, 2.24) is 10.6 Å². The van der Waals surface area contributed by atoms with Gasteiger partial charge < -0.3 is 10.6 Å². The van der Waals surface area contributed by atoms with Crippen molar-refractivity contribution in [2.24, 2.45) is 0 Å². The molecule has 114 valence electrons. The summed E-state index contributed by atoms with van der Waals surface area (Å²) in [6.45, 7) is 2.05. The molecule has 1 aromatic rings. The number of anilines is 2. The minimum atomic E-state index is -0.722. The molecule has 0 atom stereocenters. The van der Waals surface area contributed by atoms with E-state index in [2.05, 4.69) is 17.6 Å². The Morgan fingerprint density at radius 2 is 1.68 bits per heavy atom. The van der Waals surface area contributed by atoms with Gasteiger partial charge in [-0.1, -0.05) is 6.92 Å². The lowest BCUT2D eigenvalue weighted by atomic mass is 10.2. The molecule has 8 nitrogen and oxygen atoms in total. The molecule has 4 amide bonds. The third kappa shape index (κ3) is 5.61. The number of nitrogens with zero attached hydrogens (tertiary/aromatic N) is 2. The van der Waals surface area contributed by atoms with Gasteiger partial charge in [-0.25, -0.2) is 20.2 Å². The Morgan fingerprint density at radius 1 is 1.09 bits per heavy atom. The number of carbonyl (C=O) groups is 2. The molecule has 0 aromatic heterocycles. The van der Waals surface area contributed by atoms with Gasteiger partial charge in [-0.3, -0.25) is 0 Å². The summed E-state index contributed by atoms with van der Waals surface area (Å²) in [4.78, 5) is 23.8. The fraction of sp³-hybridized carbons (Fsp3) is 0.231. The molecule has 0 bridgehead atoms. The lowest BCUT2D eigenvalue weighted by Crippen LogP contribution is -2.27. The van der Waals surface area contributed by atoms with Crippen LogP contribution in [0.1, 0.15) is 13.3 Å². The first-order valence-electron chi connectivity index (χ1n) is 6.29. The van der Waals surface area contributed by atoms with E-state index < -0.39 is 12.1 Å². The molecule has 0 saturated heterocycles. The van der Waals surface area contributed by atoms with E-state index in [1.165, 1.54) is 12.4 Å². The molecule has 0 spiro atoms. The van der Waals surface area contributed by atoms with E-state index in [9.17, 15) is 9.59 Å². The van der Waals surface area contributed by atoms with Gasteiger partial charge in [-0.2, -0.15) is 10.5 Å². The maximum Gasteiger partial charge on any atom is 0.332 e. The van der Waals surface area contributed by atoms with Gasteiger partial charge in [0.15, 0.2) is 12.4 Å². The average Bonchev–Trinajstić information content (AvgIpc) is 2.48. The van der Waals surface area contributed by atoms with E-state index in [-0.39, 0.29) is 0 Å². The minimum Gasteiger partial charge on any atom is -0.305 e. The van der Waals surface area contributed by atoms with Gasteiger partial charge in [-0.05, 0) is 30.4 Å². The van der Waals surface area contributed by atoms with Gasteiger partial charge >= 0.3 is 12.1 Å². The molecule has 22 heavy (non-hydrogen) atoms. The smallest absolute Gasteiger partial charge is 0.305 e. The van der Waals surface area contributed by atoms with E-state index in [1.807, 2.05) is 10.6 Å². The topological polar surface area (TPSA) is 130 Å². The molecule has 0 unspecified atom stereocenters. The van der Waals surface area contributed by atoms with Crippen LogP contribution < -0.4 is 21.3 Å². The molecule has 4 N–H and O–H groups in total. The SMILES string of the molecule is CCCSc1ccc(NC(=O)NC#N)c(NC(=O)NC#N)c1. The summed E-state index contributed by atoms with van der Waals surface area (Å²) < 4.78 is 0. The summed E-state index contributed by atoms with van der Waals surface area (Å²) >= 11 is 1.60. The number of rotatable bonds is 5. The fourth-order valence-electron chi connectivity index (χ4n) is 1.45. The Bertz CT molecular complexity index is 634. The molecular weight excluding hydrogens is 304 g/mol. The maximum atomic E-state index is 11.5. The number of hydrogen-bond acceptors (Lipinski definition) is 5. The Morgan fingerprint density at radius 3 is 2.23 bits per heavy atom. The second-order valence-corrected chi connectivity index (χ2v) is 5.11. The first-order chi connectivity index (χ1) is 10.6. The Kier molecular flexibility index (Phi) is 7.09. The number of hydrogen-bond donors (Lipinski definition) is 4. The average molecular weight is 318 g/mol. The highest BCUT2D eigenvalue weighted by Gasteiger charge is 2.10. The van der Waals surface area contributed by atoms with Crippen LogP contribution in [0.25, 0.3) is 0 Å². The summed E-state index contributed by atoms with van der Waals surface area (Å²) in [7, 11) is 0. The van der Waals surface area contributed by atoms with E-state index in [0.717, 1.165) is 17.1 Å². The maximum absolute atomic E-state index is 11.5. The summed E-state index contributed by atoms with van der Waals surface area (Å²) in [5.41, 5.74) is 0.628. The lowest BCUT2D eigenvalue weighted by molar-refractivity contribution is 0.254. The van der Waals surface area contributed by atoms with Crippen LogP contribution in [-0.4, -0.2) is 17.8 Å². The summed E-state index contributed by atoms with van der Waals surface area (Å²) in [6, 6.07) is 3.63. The van der Waals surface area contributed by atoms with Crippen molar-refractivity contribution in [3.05, 3.63) is 18.2 Å². The van der Waals surface area contributed by atoms with Gasteiger partial charge in [0.2, 0.25) is 0 Å². The molecule has 1 aromatic carbocycles. The zero-order valence-corrected chi connectivity index (χ0v) is 12.6. The fourth-order valence-corrected chi connectivity index (χ4v) is 2.26. The largest absolute Gasteiger partial charge is 0.332 e. The molecule has 0 aliphatic rings. The lowest BCUT2D eigenvalue weighted by Gasteiger charge is -2.12. The van der Waals surface area contributed by atoms with Crippen molar-refractivity contribution in [2.75, 3.05) is 16.4 Å². The predicted octanol–water partition coefficient (Wildman–Crippen LogP) is 2.39. The molecule has 0 aliphatic heterocycles. The number of benzene rings is 1. The van der Waals surface area contributed by atoms with Crippen LogP contribution in [0.4, 0.5) is 21.0 Å². The van der Waals surface area contributed by atoms with Gasteiger partial charge in [0.1, 0.15) is 0 Å². The number of carbonyl (C=O) groups excluding carboxylic acids is 2. The zero-order valence-electron chi connectivity index (χ0n) is 11.8. The number of amides is 4. The van der Waals surface area contributed by atoms with Gasteiger partial charge in [0.25, 0.3) is 0 Å². The Hall–Kier alpha value is -2.91. The molecule has 0 saturated carbocycles. The number of nitriles is 2. The van der Waals surface area contributed by atoms with Crippen molar-refractivity contribution in [2.45, 2.75) is 18.2 Å². The van der Waals surface area contributed by atoms with Gasteiger partial charge in [0, 0.05) is 4.90 Å². The molecule has 0 heterocycles. The summed E-state index contributed by atoms with van der Waals surface area (Å²) in [5, 5.41) is 25.6. The zero-order chi connectivity index (χ0) is 16.4. The Labute approximate surface area is 131 Å². The molecule has 0 radical (unpaired) electrons. The molecular formula is C13H14N6O2S. The van der Waals surface area contributed by atoms with Gasteiger partial charge in [-0.15, -0.1) is 11.8 Å². The van der Waals surface area contributed by atoms with Crippen LogP contribution in [-0.2, 0) is 0 Å². The van der Waals surface area contributed by atoms with E-state index >= 15 is 0 Å². The third-order valence-electron chi connectivity index (χ3n) is 2.30. The van der Waals surface area contributed by atoms with Crippen molar-refractivity contribution in [1.29, 1.82) is 10.5 Å². The summed E-state index contributed by atoms with van der Waals surface area (Å²) in [5.74, 6) is 0.908. The van der Waals surface area contributed by atoms with Crippen LogP contribution in [0.15, 0.2) is 23.1 Å². The molecule has 1 rings (SSSR count). The quantitative estimate of drug-likeness (QED) is 0.376. The highest BCUT2D eigenvalue weighted by atomic mass is 32.2. The number of urea groups is 2. The summed E-state index contributed by atoms with van der Waals surface area (Å²) in [6.07, 6.45) is 4.00. The third-order valence-corrected chi connectivity index (χ3v) is 3.50. The van der Waals surface area contributed by atoms with E-state index in [4.69, 9.17) is 10.5 Å². The second kappa shape index (κ2) is 9.10. The standard InChI is InChI=1S/C13H14N6O2S/c1-2-5-22-9-3-4-10(18-12(20)16-7-14)11(6-9)19-13(21)17-8-15/h3-4,6H,2,5H2,1H3,(H2,16,18,20)(H2,17,19,21). The van der Waals surface area contributed by atoms with Crippen LogP contribution in [0.2, 0.25) is 0 Å². The first-order valence-corrected chi connectivity index (χ1v) is 7.28. The number of thioether (sulfide) groups is 1. The molecule has 0 aliphatic carbocycles. The van der Waals surface area contributed by atoms with Crippen LogP contribution >= 0.6 is 11.8 Å². The predicted molar refractivity (Wildman–Crippen MR) is 83.0 cm³/mol. The van der Waals surface area contributed by atoms with Gasteiger partial charge in [0.05, 0.1) is 11.4 Å². The monoisotopic (exact) mass is 318 g/mol. The van der Waals surface area contributed by atoms with Crippen molar-refractivity contribution < 1.29 is 9.59 Å². The van der Waals surface area contributed by atoms with Crippen molar-refractivity contribution in [3.8, 4) is 12.4 Å². The Balaban J connectivity index is 2.98. The normalized spacial score (nSPS) is 9.05. The molecule has 9 heteroatoms. The van der Waals surface area contributed by atoms with Crippen molar-refractivity contribution in [3.63, 3.8) is 0 Å². The van der Waals surface area contributed by atoms with Crippen molar-refractivity contribution >= 4 is 35.2 Å².